The van der Waals surface area contributed by atoms with E-state index in [1.54, 1.807) is 18.2 Å². The van der Waals surface area contributed by atoms with Crippen LogP contribution < -0.4 is 0 Å². The minimum absolute atomic E-state index is 0.0624. The van der Waals surface area contributed by atoms with Crippen molar-refractivity contribution in [3.05, 3.63) is 35.4 Å². The van der Waals surface area contributed by atoms with E-state index in [1.807, 2.05) is 11.0 Å². The maximum Gasteiger partial charge on any atom is 0.335 e. The van der Waals surface area contributed by atoms with Gasteiger partial charge in [-0.05, 0) is 43.4 Å². The molecule has 2 aliphatic rings. The summed E-state index contributed by atoms with van der Waals surface area (Å²) in [6, 6.07) is 7.04. The predicted octanol–water partition coefficient (Wildman–Crippen LogP) is 2.46. The number of likely N-dealkylation sites (tertiary alicyclic amines) is 1. The van der Waals surface area contributed by atoms with Gasteiger partial charge in [-0.1, -0.05) is 12.1 Å². The Morgan fingerprint density at radius 1 is 1.21 bits per heavy atom. The molecule has 19 heavy (non-hydrogen) atoms. The Balaban J connectivity index is 1.85. The van der Waals surface area contributed by atoms with Crippen molar-refractivity contribution in [3.8, 4) is 0 Å². The van der Waals surface area contributed by atoms with Gasteiger partial charge in [-0.3, -0.25) is 4.79 Å². The fraction of sp³-hybridized carbons (Fsp3) is 0.467. The second kappa shape index (κ2) is 4.68. The first-order valence-corrected chi connectivity index (χ1v) is 6.80. The highest BCUT2D eigenvalue weighted by Crippen LogP contribution is 2.38. The number of amides is 1. The molecule has 1 saturated heterocycles. The normalized spacial score (nSPS) is 22.5. The van der Waals surface area contributed by atoms with Gasteiger partial charge in [-0.25, -0.2) is 4.79 Å². The van der Waals surface area contributed by atoms with Gasteiger partial charge in [0.1, 0.15) is 0 Å². The summed E-state index contributed by atoms with van der Waals surface area (Å²) < 4.78 is 0. The van der Waals surface area contributed by atoms with Crippen molar-refractivity contribution in [2.75, 3.05) is 6.54 Å². The van der Waals surface area contributed by atoms with Crippen molar-refractivity contribution in [1.82, 2.24) is 4.90 Å². The Bertz CT molecular complexity index is 522. The lowest BCUT2D eigenvalue weighted by Crippen LogP contribution is -2.31. The van der Waals surface area contributed by atoms with Crippen molar-refractivity contribution in [1.29, 1.82) is 0 Å². The molecule has 0 aromatic heterocycles. The number of carbonyl (C=O) groups excluding carboxylic acids is 1. The van der Waals surface area contributed by atoms with Crippen molar-refractivity contribution in [2.45, 2.75) is 31.7 Å². The van der Waals surface area contributed by atoms with Crippen LogP contribution in [-0.2, 0) is 4.79 Å². The third-order valence-corrected chi connectivity index (χ3v) is 3.98. The zero-order valence-corrected chi connectivity index (χ0v) is 10.7. The van der Waals surface area contributed by atoms with Crippen LogP contribution in [-0.4, -0.2) is 28.4 Å². The molecule has 1 unspecified atom stereocenters. The third kappa shape index (κ3) is 2.35. The Morgan fingerprint density at radius 3 is 2.68 bits per heavy atom. The fourth-order valence-corrected chi connectivity index (χ4v) is 2.82. The zero-order valence-electron chi connectivity index (χ0n) is 10.7. The topological polar surface area (TPSA) is 57.6 Å². The third-order valence-electron chi connectivity index (χ3n) is 3.98. The van der Waals surface area contributed by atoms with Crippen molar-refractivity contribution in [3.63, 3.8) is 0 Å². The van der Waals surface area contributed by atoms with E-state index in [9.17, 15) is 9.59 Å². The molecule has 1 aliphatic carbocycles. The molecule has 1 aromatic rings. The van der Waals surface area contributed by atoms with Crippen LogP contribution in [0.15, 0.2) is 24.3 Å². The highest BCUT2D eigenvalue weighted by molar-refractivity contribution is 5.88. The molecule has 0 spiro atoms. The number of carboxylic acid groups (broad SMARTS) is 1. The first kappa shape index (κ1) is 12.2. The average Bonchev–Trinajstić information content (AvgIpc) is 3.15. The summed E-state index contributed by atoms with van der Waals surface area (Å²) in [5.74, 6) is -0.439. The first-order valence-electron chi connectivity index (χ1n) is 6.80. The van der Waals surface area contributed by atoms with Gasteiger partial charge in [-0.15, -0.1) is 0 Å². The number of rotatable bonds is 3. The molecule has 1 amide bonds. The van der Waals surface area contributed by atoms with Crippen molar-refractivity contribution >= 4 is 11.9 Å². The highest BCUT2D eigenvalue weighted by Gasteiger charge is 2.38. The molecule has 0 bridgehead atoms. The maximum atomic E-state index is 12.2. The lowest BCUT2D eigenvalue weighted by Gasteiger charge is -2.25. The minimum atomic E-state index is -0.917. The van der Waals surface area contributed by atoms with Crippen LogP contribution in [0, 0.1) is 5.92 Å². The highest BCUT2D eigenvalue weighted by atomic mass is 16.4. The monoisotopic (exact) mass is 259 g/mol. The molecule has 1 atom stereocenters. The van der Waals surface area contributed by atoms with Gasteiger partial charge in [0.25, 0.3) is 0 Å². The van der Waals surface area contributed by atoms with Crippen LogP contribution in [0.3, 0.4) is 0 Å². The number of hydrogen-bond acceptors (Lipinski definition) is 2. The van der Waals surface area contributed by atoms with Gasteiger partial charge in [-0.2, -0.15) is 0 Å². The molecule has 100 valence electrons. The smallest absolute Gasteiger partial charge is 0.335 e. The van der Waals surface area contributed by atoms with E-state index in [4.69, 9.17) is 5.11 Å². The molecule has 1 aliphatic heterocycles. The molecule has 3 rings (SSSR count). The van der Waals surface area contributed by atoms with Crippen LogP contribution in [0.5, 0.6) is 0 Å². The summed E-state index contributed by atoms with van der Waals surface area (Å²) >= 11 is 0. The first-order chi connectivity index (χ1) is 9.16. The Kier molecular flexibility index (Phi) is 3.01. The SMILES string of the molecule is O=C(O)c1cccc(C2CCCN2C(=O)C2CC2)c1. The van der Waals surface area contributed by atoms with Gasteiger partial charge in [0, 0.05) is 12.5 Å². The molecular weight excluding hydrogens is 242 g/mol. The summed E-state index contributed by atoms with van der Waals surface area (Å²) in [7, 11) is 0. The van der Waals surface area contributed by atoms with Gasteiger partial charge >= 0.3 is 5.97 Å². The number of hydrogen-bond donors (Lipinski definition) is 1. The van der Waals surface area contributed by atoms with Crippen LogP contribution in [0.2, 0.25) is 0 Å². The Hall–Kier alpha value is -1.84. The predicted molar refractivity (Wildman–Crippen MR) is 69.8 cm³/mol. The average molecular weight is 259 g/mol. The van der Waals surface area contributed by atoms with Crippen molar-refractivity contribution < 1.29 is 14.7 Å². The largest absolute Gasteiger partial charge is 0.478 e. The molecule has 1 heterocycles. The molecule has 2 fully saturated rings. The summed E-state index contributed by atoms with van der Waals surface area (Å²) in [6.45, 7) is 0.803. The molecule has 0 radical (unpaired) electrons. The molecule has 1 aromatic carbocycles. The van der Waals surface area contributed by atoms with Gasteiger partial charge in [0.05, 0.1) is 11.6 Å². The standard InChI is InChI=1S/C15H17NO3/c17-14(10-6-7-10)16-8-2-5-13(16)11-3-1-4-12(9-11)15(18)19/h1,3-4,9-10,13H,2,5-8H2,(H,18,19). The maximum absolute atomic E-state index is 12.2. The van der Waals surface area contributed by atoms with E-state index < -0.39 is 5.97 Å². The number of nitrogens with zero attached hydrogens (tertiary/aromatic N) is 1. The molecule has 4 heteroatoms. The Labute approximate surface area is 112 Å². The van der Waals surface area contributed by atoms with E-state index in [-0.39, 0.29) is 17.9 Å². The van der Waals surface area contributed by atoms with E-state index in [2.05, 4.69) is 0 Å². The summed E-state index contributed by atoms with van der Waals surface area (Å²) in [5.41, 5.74) is 1.25. The fourth-order valence-electron chi connectivity index (χ4n) is 2.82. The molecule has 4 nitrogen and oxygen atoms in total. The van der Waals surface area contributed by atoms with Crippen molar-refractivity contribution in [2.24, 2.45) is 5.92 Å². The summed E-state index contributed by atoms with van der Waals surface area (Å²) in [5, 5.41) is 9.04. The number of carbonyl (C=O) groups is 2. The minimum Gasteiger partial charge on any atom is -0.478 e. The van der Waals surface area contributed by atoms with E-state index >= 15 is 0 Å². The Morgan fingerprint density at radius 2 is 2.00 bits per heavy atom. The quantitative estimate of drug-likeness (QED) is 0.907. The van der Waals surface area contributed by atoms with Gasteiger partial charge in [0.2, 0.25) is 5.91 Å². The summed E-state index contributed by atoms with van der Waals surface area (Å²) in [6.07, 6.45) is 3.95. The second-order valence-electron chi connectivity index (χ2n) is 5.39. The molecular formula is C15H17NO3. The van der Waals surface area contributed by atoms with Gasteiger partial charge in [0.15, 0.2) is 0 Å². The summed E-state index contributed by atoms with van der Waals surface area (Å²) in [4.78, 5) is 25.2. The van der Waals surface area contributed by atoms with E-state index in [0.29, 0.717) is 5.56 Å². The van der Waals surface area contributed by atoms with Crippen LogP contribution >= 0.6 is 0 Å². The zero-order chi connectivity index (χ0) is 13.4. The van der Waals surface area contributed by atoms with E-state index in [0.717, 1.165) is 37.8 Å². The van der Waals surface area contributed by atoms with Gasteiger partial charge < -0.3 is 10.0 Å². The lowest BCUT2D eigenvalue weighted by molar-refractivity contribution is -0.133. The number of aromatic carboxylic acids is 1. The van der Waals surface area contributed by atoms with Crippen LogP contribution in [0.1, 0.15) is 47.6 Å². The number of carboxylic acids is 1. The van der Waals surface area contributed by atoms with Crippen LogP contribution in [0.25, 0.3) is 0 Å². The van der Waals surface area contributed by atoms with Crippen LogP contribution in [0.4, 0.5) is 0 Å². The molecule has 1 N–H and O–H groups in total. The lowest BCUT2D eigenvalue weighted by atomic mass is 10.0. The van der Waals surface area contributed by atoms with E-state index in [1.165, 1.54) is 0 Å². The number of benzene rings is 1. The molecule has 1 saturated carbocycles. The second-order valence-corrected chi connectivity index (χ2v) is 5.39.